The zero-order chi connectivity index (χ0) is 14.1. The third-order valence-electron chi connectivity index (χ3n) is 4.27. The van der Waals surface area contributed by atoms with E-state index in [4.69, 9.17) is 0 Å². The second-order valence-electron chi connectivity index (χ2n) is 6.33. The summed E-state index contributed by atoms with van der Waals surface area (Å²) in [6.45, 7) is 7.99. The minimum Gasteiger partial charge on any atom is -0.370 e. The van der Waals surface area contributed by atoms with Crippen molar-refractivity contribution >= 4 is 21.7 Å². The molecule has 1 N–H and O–H groups in total. The molecule has 1 saturated heterocycles. The number of likely N-dealkylation sites (tertiary alicyclic amines) is 1. The molecule has 2 fully saturated rings. The summed E-state index contributed by atoms with van der Waals surface area (Å²) in [5.74, 6) is 3.29. The van der Waals surface area contributed by atoms with Crippen LogP contribution in [0.3, 0.4) is 0 Å². The first-order chi connectivity index (χ1) is 9.61. The summed E-state index contributed by atoms with van der Waals surface area (Å²) >= 11 is 3.49. The van der Waals surface area contributed by atoms with E-state index in [-0.39, 0.29) is 0 Å². The monoisotopic (exact) mass is 338 g/mol. The maximum absolute atomic E-state index is 4.64. The Bertz CT molecular complexity index is 473. The summed E-state index contributed by atoms with van der Waals surface area (Å²) in [6.07, 6.45) is 3.76. The fourth-order valence-electron chi connectivity index (χ4n) is 2.80. The molecule has 0 bridgehead atoms. The van der Waals surface area contributed by atoms with Crippen molar-refractivity contribution in [3.63, 3.8) is 0 Å². The summed E-state index contributed by atoms with van der Waals surface area (Å²) in [7, 11) is 0. The smallest absolute Gasteiger partial charge is 0.135 e. The van der Waals surface area contributed by atoms with E-state index in [1.54, 1.807) is 0 Å². The van der Waals surface area contributed by atoms with E-state index in [0.29, 0.717) is 12.0 Å². The number of nitrogens with one attached hydrogen (secondary N) is 1. The summed E-state index contributed by atoms with van der Waals surface area (Å²) in [5, 5.41) is 3.50. The Hall–Kier alpha value is -0.680. The van der Waals surface area contributed by atoms with Crippen LogP contribution < -0.4 is 5.32 Å². The van der Waals surface area contributed by atoms with Crippen LogP contribution in [0.4, 0.5) is 5.82 Å². The molecule has 3 rings (SSSR count). The highest BCUT2D eigenvalue weighted by molar-refractivity contribution is 9.10. The lowest BCUT2D eigenvalue weighted by Gasteiger charge is -2.20. The maximum Gasteiger partial charge on any atom is 0.135 e. The van der Waals surface area contributed by atoms with Crippen LogP contribution in [0.25, 0.3) is 0 Å². The van der Waals surface area contributed by atoms with Crippen LogP contribution in [-0.4, -0.2) is 40.5 Å². The van der Waals surface area contributed by atoms with E-state index in [1.807, 2.05) is 6.07 Å². The molecule has 0 spiro atoms. The van der Waals surface area contributed by atoms with Crippen molar-refractivity contribution in [2.24, 2.45) is 5.92 Å². The molecule has 4 nitrogen and oxygen atoms in total. The largest absolute Gasteiger partial charge is 0.370 e. The van der Waals surface area contributed by atoms with E-state index in [1.165, 1.54) is 32.4 Å². The Morgan fingerprint density at radius 2 is 2.15 bits per heavy atom. The fraction of sp³-hybridized carbons (Fsp3) is 0.733. The summed E-state index contributed by atoms with van der Waals surface area (Å²) in [4.78, 5) is 11.7. The van der Waals surface area contributed by atoms with Crippen LogP contribution in [0.2, 0.25) is 0 Å². The van der Waals surface area contributed by atoms with Gasteiger partial charge in [0.05, 0.1) is 0 Å². The summed E-state index contributed by atoms with van der Waals surface area (Å²) in [6, 6.07) is 2.65. The SMILES string of the molecule is CC(C)N1CCC(CNc2cc(Br)nc(C3CC3)n2)C1. The van der Waals surface area contributed by atoms with Crippen molar-refractivity contribution in [1.29, 1.82) is 0 Å². The van der Waals surface area contributed by atoms with E-state index in [9.17, 15) is 0 Å². The van der Waals surface area contributed by atoms with Gasteiger partial charge in [0, 0.05) is 31.1 Å². The van der Waals surface area contributed by atoms with Gasteiger partial charge in [0.25, 0.3) is 0 Å². The Kier molecular flexibility index (Phi) is 4.26. The topological polar surface area (TPSA) is 41.0 Å². The number of nitrogens with zero attached hydrogens (tertiary/aromatic N) is 3. The first kappa shape index (κ1) is 14.3. The minimum atomic E-state index is 0.593. The molecule has 0 amide bonds. The molecule has 1 saturated carbocycles. The standard InChI is InChI=1S/C15H23BrN4/c1-10(2)20-6-5-11(9-20)8-17-14-7-13(16)18-15(19-14)12-3-4-12/h7,10-12H,3-6,8-9H2,1-2H3,(H,17,18,19). The maximum atomic E-state index is 4.64. The van der Waals surface area contributed by atoms with Crippen molar-refractivity contribution in [2.45, 2.75) is 45.1 Å². The lowest BCUT2D eigenvalue weighted by Crippen LogP contribution is -2.29. The van der Waals surface area contributed by atoms with Gasteiger partial charge >= 0.3 is 0 Å². The van der Waals surface area contributed by atoms with Gasteiger partial charge in [0.1, 0.15) is 16.2 Å². The van der Waals surface area contributed by atoms with Gasteiger partial charge in [-0.15, -0.1) is 0 Å². The van der Waals surface area contributed by atoms with Crippen LogP contribution in [0, 0.1) is 5.92 Å². The normalized spacial score (nSPS) is 23.5. The van der Waals surface area contributed by atoms with Gasteiger partial charge in [-0.2, -0.15) is 0 Å². The Balaban J connectivity index is 1.56. The van der Waals surface area contributed by atoms with Gasteiger partial charge in [-0.25, -0.2) is 9.97 Å². The number of halogens is 1. The van der Waals surface area contributed by atoms with Crippen molar-refractivity contribution in [2.75, 3.05) is 25.0 Å². The lowest BCUT2D eigenvalue weighted by atomic mass is 10.1. The molecule has 1 aliphatic heterocycles. The van der Waals surface area contributed by atoms with E-state index in [0.717, 1.165) is 28.7 Å². The zero-order valence-corrected chi connectivity index (χ0v) is 13.9. The van der Waals surface area contributed by atoms with Crippen LogP contribution in [0.1, 0.15) is 44.9 Å². The third-order valence-corrected chi connectivity index (χ3v) is 4.68. The van der Waals surface area contributed by atoms with Gasteiger partial charge in [-0.1, -0.05) is 0 Å². The molecule has 2 aliphatic rings. The second-order valence-corrected chi connectivity index (χ2v) is 7.15. The minimum absolute atomic E-state index is 0.593. The molecular formula is C15H23BrN4. The number of hydrogen-bond donors (Lipinski definition) is 1. The molecule has 1 aliphatic carbocycles. The van der Waals surface area contributed by atoms with E-state index < -0.39 is 0 Å². The average molecular weight is 339 g/mol. The number of anilines is 1. The predicted molar refractivity (Wildman–Crippen MR) is 85.0 cm³/mol. The fourth-order valence-corrected chi connectivity index (χ4v) is 3.20. The molecule has 1 aromatic rings. The molecule has 1 unspecified atom stereocenters. The van der Waals surface area contributed by atoms with Crippen molar-refractivity contribution in [1.82, 2.24) is 14.9 Å². The molecular weight excluding hydrogens is 316 g/mol. The van der Waals surface area contributed by atoms with Crippen LogP contribution in [-0.2, 0) is 0 Å². The highest BCUT2D eigenvalue weighted by Crippen LogP contribution is 2.38. The molecule has 0 aromatic carbocycles. The number of hydrogen-bond acceptors (Lipinski definition) is 4. The van der Waals surface area contributed by atoms with Gasteiger partial charge in [0.2, 0.25) is 0 Å². The number of rotatable bonds is 5. The summed E-state index contributed by atoms with van der Waals surface area (Å²) in [5.41, 5.74) is 0. The lowest BCUT2D eigenvalue weighted by molar-refractivity contribution is 0.266. The van der Waals surface area contributed by atoms with Gasteiger partial charge in [-0.05, 0) is 61.5 Å². The predicted octanol–water partition coefficient (Wildman–Crippen LogP) is 3.26. The van der Waals surface area contributed by atoms with Crippen LogP contribution in [0.15, 0.2) is 10.7 Å². The second kappa shape index (κ2) is 5.98. The van der Waals surface area contributed by atoms with Gasteiger partial charge < -0.3 is 10.2 Å². The van der Waals surface area contributed by atoms with Crippen molar-refractivity contribution in [3.05, 3.63) is 16.5 Å². The molecule has 2 heterocycles. The third kappa shape index (κ3) is 3.50. The van der Waals surface area contributed by atoms with Gasteiger partial charge in [-0.3, -0.25) is 0 Å². The highest BCUT2D eigenvalue weighted by Gasteiger charge is 2.27. The first-order valence-corrected chi connectivity index (χ1v) is 8.43. The first-order valence-electron chi connectivity index (χ1n) is 7.64. The van der Waals surface area contributed by atoms with E-state index >= 15 is 0 Å². The Morgan fingerprint density at radius 3 is 2.80 bits per heavy atom. The summed E-state index contributed by atoms with van der Waals surface area (Å²) < 4.78 is 0.895. The quantitative estimate of drug-likeness (QED) is 0.836. The molecule has 0 radical (unpaired) electrons. The van der Waals surface area contributed by atoms with Crippen molar-refractivity contribution in [3.8, 4) is 0 Å². The molecule has 110 valence electrons. The molecule has 5 heteroatoms. The average Bonchev–Trinajstić information content (AvgIpc) is 3.14. The molecule has 1 aromatic heterocycles. The molecule has 20 heavy (non-hydrogen) atoms. The highest BCUT2D eigenvalue weighted by atomic mass is 79.9. The van der Waals surface area contributed by atoms with E-state index in [2.05, 4.69) is 50.0 Å². The molecule has 1 atom stereocenters. The van der Waals surface area contributed by atoms with Crippen molar-refractivity contribution < 1.29 is 0 Å². The zero-order valence-electron chi connectivity index (χ0n) is 12.3. The Labute approximate surface area is 129 Å². The Morgan fingerprint density at radius 1 is 1.35 bits per heavy atom. The number of aromatic nitrogens is 2. The van der Waals surface area contributed by atoms with Crippen LogP contribution in [0.5, 0.6) is 0 Å². The van der Waals surface area contributed by atoms with Gasteiger partial charge in [0.15, 0.2) is 0 Å². The van der Waals surface area contributed by atoms with Crippen LogP contribution >= 0.6 is 15.9 Å².